The van der Waals surface area contributed by atoms with E-state index in [4.69, 9.17) is 14.6 Å². The van der Waals surface area contributed by atoms with Gasteiger partial charge in [-0.1, -0.05) is 32.9 Å². The van der Waals surface area contributed by atoms with Gasteiger partial charge in [0.15, 0.2) is 0 Å². The number of likely N-dealkylation sites (N-methyl/N-ethyl adjacent to an activating group) is 1. The van der Waals surface area contributed by atoms with Crippen LogP contribution in [0.4, 0.5) is 0 Å². The molecular weight excluding hydrogens is 346 g/mol. The number of rotatable bonds is 6. The van der Waals surface area contributed by atoms with Crippen LogP contribution in [0.15, 0.2) is 12.1 Å². The molecular formula is C21H35NO5. The highest BCUT2D eigenvalue weighted by Gasteiger charge is 2.20. The SMILES string of the molecule is CC(=O)[O-].Cc1cc(CCC(=O)OC(C)C[NH+](C)C)cc(C(C)(C)C)c1O. The van der Waals surface area contributed by atoms with Crippen LogP contribution in [0.3, 0.4) is 0 Å². The summed E-state index contributed by atoms with van der Waals surface area (Å²) in [5.41, 5.74) is 2.71. The zero-order valence-corrected chi connectivity index (χ0v) is 17.9. The minimum absolute atomic E-state index is 0.0702. The standard InChI is InChI=1S/C19H31NO3.C2H4O2/c1-13-10-15(11-16(18(13)22)19(3,4)5)8-9-17(21)23-14(2)12-20(6)7;1-2(3)4/h10-11,14,22H,8-9,12H2,1-7H3;1H3,(H,3,4). The highest BCUT2D eigenvalue weighted by atomic mass is 16.5. The minimum Gasteiger partial charge on any atom is -0.550 e. The van der Waals surface area contributed by atoms with E-state index in [9.17, 15) is 9.90 Å². The number of carbonyl (C=O) groups is 2. The molecule has 27 heavy (non-hydrogen) atoms. The summed E-state index contributed by atoms with van der Waals surface area (Å²) in [6.07, 6.45) is 0.921. The zero-order chi connectivity index (χ0) is 21.4. The van der Waals surface area contributed by atoms with Gasteiger partial charge in [-0.05, 0) is 49.3 Å². The van der Waals surface area contributed by atoms with Crippen LogP contribution in [0.1, 0.15) is 57.7 Å². The van der Waals surface area contributed by atoms with Crippen LogP contribution in [-0.4, -0.2) is 43.8 Å². The average Bonchev–Trinajstić information content (AvgIpc) is 2.45. The van der Waals surface area contributed by atoms with Gasteiger partial charge >= 0.3 is 5.97 Å². The number of hydrogen-bond acceptors (Lipinski definition) is 5. The van der Waals surface area contributed by atoms with Crippen molar-refractivity contribution in [2.24, 2.45) is 0 Å². The monoisotopic (exact) mass is 381 g/mol. The first-order valence-electron chi connectivity index (χ1n) is 9.23. The molecule has 6 nitrogen and oxygen atoms in total. The quantitative estimate of drug-likeness (QED) is 0.710. The maximum Gasteiger partial charge on any atom is 0.306 e. The Balaban J connectivity index is 0.00000153. The third kappa shape index (κ3) is 10.6. The molecule has 0 heterocycles. The number of aliphatic carboxylic acids is 1. The van der Waals surface area contributed by atoms with E-state index in [2.05, 4.69) is 20.8 Å². The first-order valence-corrected chi connectivity index (χ1v) is 9.23. The summed E-state index contributed by atoms with van der Waals surface area (Å²) in [7, 11) is 4.08. The summed E-state index contributed by atoms with van der Waals surface area (Å²) < 4.78 is 5.43. The lowest BCUT2D eigenvalue weighted by atomic mass is 9.83. The molecule has 1 rings (SSSR count). The number of carbonyl (C=O) groups excluding carboxylic acids is 2. The molecule has 1 aromatic carbocycles. The van der Waals surface area contributed by atoms with Gasteiger partial charge in [-0.15, -0.1) is 0 Å². The molecule has 0 radical (unpaired) electrons. The number of carboxylic acids is 1. The number of phenols is 1. The molecule has 0 fully saturated rings. The van der Waals surface area contributed by atoms with Crippen molar-refractivity contribution in [2.75, 3.05) is 20.6 Å². The highest BCUT2D eigenvalue weighted by molar-refractivity contribution is 5.70. The molecule has 6 heteroatoms. The molecule has 0 saturated heterocycles. The third-order valence-electron chi connectivity index (χ3n) is 3.81. The molecule has 0 aromatic heterocycles. The number of aromatic hydroxyl groups is 1. The second kappa shape index (κ2) is 10.9. The molecule has 1 aromatic rings. The van der Waals surface area contributed by atoms with Crippen LogP contribution in [0.2, 0.25) is 0 Å². The summed E-state index contributed by atoms with van der Waals surface area (Å²) in [5, 5.41) is 19.1. The Bertz CT molecular complexity index is 628. The highest BCUT2D eigenvalue weighted by Crippen LogP contribution is 2.34. The molecule has 154 valence electrons. The second-order valence-corrected chi connectivity index (χ2v) is 8.26. The predicted octanol–water partition coefficient (Wildman–Crippen LogP) is 0.763. The van der Waals surface area contributed by atoms with Gasteiger partial charge in [0.05, 0.1) is 14.1 Å². The molecule has 0 amide bonds. The van der Waals surface area contributed by atoms with E-state index in [0.29, 0.717) is 18.6 Å². The Morgan fingerprint density at radius 2 is 1.78 bits per heavy atom. The number of nitrogens with one attached hydrogen (secondary N) is 1. The van der Waals surface area contributed by atoms with E-state index >= 15 is 0 Å². The van der Waals surface area contributed by atoms with Crippen LogP contribution in [0.5, 0.6) is 5.75 Å². The number of ether oxygens (including phenoxy) is 1. The number of carboxylic acid groups (broad SMARTS) is 1. The van der Waals surface area contributed by atoms with Gasteiger partial charge in [-0.25, -0.2) is 0 Å². The second-order valence-electron chi connectivity index (χ2n) is 8.26. The van der Waals surface area contributed by atoms with E-state index in [0.717, 1.165) is 30.2 Å². The maximum absolute atomic E-state index is 12.0. The van der Waals surface area contributed by atoms with Gasteiger partial charge in [-0.2, -0.15) is 0 Å². The number of phenolic OH excluding ortho intramolecular Hbond substituents is 1. The van der Waals surface area contributed by atoms with E-state index in [1.165, 1.54) is 4.90 Å². The van der Waals surface area contributed by atoms with Crippen molar-refractivity contribution in [1.82, 2.24) is 0 Å². The van der Waals surface area contributed by atoms with Crippen LogP contribution in [-0.2, 0) is 26.2 Å². The summed E-state index contributed by atoms with van der Waals surface area (Å²) in [6.45, 7) is 11.8. The minimum atomic E-state index is -1.08. The summed E-state index contributed by atoms with van der Waals surface area (Å²) in [6, 6.07) is 3.95. The lowest BCUT2D eigenvalue weighted by Crippen LogP contribution is -3.06. The Labute approximate surface area is 163 Å². The number of aryl methyl sites for hydroxylation is 2. The number of quaternary nitrogens is 1. The predicted molar refractivity (Wildman–Crippen MR) is 104 cm³/mol. The molecule has 0 spiro atoms. The Morgan fingerprint density at radius 3 is 2.22 bits per heavy atom. The lowest BCUT2D eigenvalue weighted by molar-refractivity contribution is -0.861. The molecule has 0 aliphatic carbocycles. The zero-order valence-electron chi connectivity index (χ0n) is 17.9. The third-order valence-corrected chi connectivity index (χ3v) is 3.81. The molecule has 2 N–H and O–H groups in total. The maximum atomic E-state index is 12.0. The van der Waals surface area contributed by atoms with Gasteiger partial charge < -0.3 is 24.6 Å². The molecule has 1 unspecified atom stereocenters. The van der Waals surface area contributed by atoms with E-state index in [1.807, 2.05) is 40.1 Å². The largest absolute Gasteiger partial charge is 0.550 e. The Morgan fingerprint density at radius 1 is 1.26 bits per heavy atom. The molecule has 0 aliphatic heterocycles. The Hall–Kier alpha value is -2.08. The van der Waals surface area contributed by atoms with Crippen molar-refractivity contribution < 1.29 is 29.4 Å². The smallest absolute Gasteiger partial charge is 0.306 e. The van der Waals surface area contributed by atoms with Gasteiger partial charge in [0, 0.05) is 12.4 Å². The van der Waals surface area contributed by atoms with Gasteiger partial charge in [0.2, 0.25) is 0 Å². The van der Waals surface area contributed by atoms with E-state index in [-0.39, 0.29) is 17.5 Å². The number of benzene rings is 1. The van der Waals surface area contributed by atoms with Gasteiger partial charge in [-0.3, -0.25) is 4.79 Å². The molecule has 0 saturated carbocycles. The van der Waals surface area contributed by atoms with Crippen LogP contribution in [0, 0.1) is 6.92 Å². The summed E-state index contributed by atoms with van der Waals surface area (Å²) in [4.78, 5) is 22.1. The van der Waals surface area contributed by atoms with Crippen molar-refractivity contribution in [3.05, 3.63) is 28.8 Å². The van der Waals surface area contributed by atoms with Crippen molar-refractivity contribution in [3.63, 3.8) is 0 Å². The first-order chi connectivity index (χ1) is 12.2. The van der Waals surface area contributed by atoms with Gasteiger partial charge in [0.1, 0.15) is 18.4 Å². The molecule has 1 atom stereocenters. The number of hydrogen-bond donors (Lipinski definition) is 2. The fourth-order valence-electron chi connectivity index (χ4n) is 2.72. The topological polar surface area (TPSA) is 91.1 Å². The van der Waals surface area contributed by atoms with Crippen LogP contribution < -0.4 is 10.0 Å². The fourth-order valence-corrected chi connectivity index (χ4v) is 2.72. The fraction of sp³-hybridized carbons (Fsp3) is 0.619. The number of esters is 1. The Kier molecular flexibility index (Phi) is 10.1. The summed E-state index contributed by atoms with van der Waals surface area (Å²) >= 11 is 0. The van der Waals surface area contributed by atoms with Crippen molar-refractivity contribution in [3.8, 4) is 5.75 Å². The lowest BCUT2D eigenvalue weighted by Gasteiger charge is -2.22. The van der Waals surface area contributed by atoms with Crippen LogP contribution in [0.25, 0.3) is 0 Å². The van der Waals surface area contributed by atoms with Crippen molar-refractivity contribution in [1.29, 1.82) is 0 Å². The summed E-state index contributed by atoms with van der Waals surface area (Å²) in [5.74, 6) is -0.895. The van der Waals surface area contributed by atoms with Crippen LogP contribution >= 0.6 is 0 Å². The van der Waals surface area contributed by atoms with E-state index in [1.54, 1.807) is 0 Å². The average molecular weight is 382 g/mol. The van der Waals surface area contributed by atoms with E-state index < -0.39 is 5.97 Å². The van der Waals surface area contributed by atoms with Crippen molar-refractivity contribution in [2.45, 2.75) is 65.9 Å². The first kappa shape index (κ1) is 24.9. The molecule has 0 bridgehead atoms. The van der Waals surface area contributed by atoms with Gasteiger partial charge in [0.25, 0.3) is 0 Å². The normalized spacial score (nSPS) is 12.2. The van der Waals surface area contributed by atoms with Crippen molar-refractivity contribution >= 4 is 11.9 Å². The molecule has 0 aliphatic rings.